The van der Waals surface area contributed by atoms with E-state index < -0.39 is 5.97 Å². The molecule has 0 bridgehead atoms. The molecule has 2 rings (SSSR count). The van der Waals surface area contributed by atoms with Crippen molar-refractivity contribution in [1.29, 1.82) is 5.26 Å². The van der Waals surface area contributed by atoms with Gasteiger partial charge in [0.2, 0.25) is 0 Å². The molecule has 0 amide bonds. The number of benzene rings is 2. The Hall–Kier alpha value is -2.80. The van der Waals surface area contributed by atoms with Crippen LogP contribution in [0.4, 0.5) is 0 Å². The molecule has 21 heavy (non-hydrogen) atoms. The van der Waals surface area contributed by atoms with Crippen LogP contribution in [0.25, 0.3) is 0 Å². The van der Waals surface area contributed by atoms with Crippen molar-refractivity contribution < 1.29 is 14.6 Å². The van der Waals surface area contributed by atoms with E-state index in [1.165, 1.54) is 0 Å². The number of carbonyl (C=O) groups is 1. The topological polar surface area (TPSA) is 70.3 Å². The molecule has 0 aromatic heterocycles. The van der Waals surface area contributed by atoms with Crippen LogP contribution in [0.1, 0.15) is 32.6 Å². The molecule has 2 aromatic rings. The average molecular weight is 281 g/mol. The van der Waals surface area contributed by atoms with Crippen LogP contribution < -0.4 is 4.74 Å². The maximum atomic E-state index is 11.2. The molecule has 0 saturated heterocycles. The van der Waals surface area contributed by atoms with Gasteiger partial charge in [-0.25, -0.2) is 4.79 Å². The second kappa shape index (κ2) is 6.10. The Morgan fingerprint density at radius 3 is 2.62 bits per heavy atom. The van der Waals surface area contributed by atoms with Gasteiger partial charge in [-0.05, 0) is 54.8 Å². The zero-order chi connectivity index (χ0) is 15.4. The largest absolute Gasteiger partial charge is 0.488 e. The summed E-state index contributed by atoms with van der Waals surface area (Å²) >= 11 is 0. The van der Waals surface area contributed by atoms with Gasteiger partial charge in [-0.3, -0.25) is 0 Å². The minimum Gasteiger partial charge on any atom is -0.488 e. The summed E-state index contributed by atoms with van der Waals surface area (Å²) in [5.41, 5.74) is 3.54. The lowest BCUT2D eigenvalue weighted by Crippen LogP contribution is -2.04. The first-order valence-electron chi connectivity index (χ1n) is 6.47. The van der Waals surface area contributed by atoms with Crippen LogP contribution in [0.3, 0.4) is 0 Å². The first-order chi connectivity index (χ1) is 10.0. The standard InChI is InChI=1S/C17H15NO3/c1-11-3-6-15(17(19)20)16(7-11)21-10-14-5-4-13(9-18)8-12(14)2/h3-8H,10H2,1-2H3,(H,19,20). The van der Waals surface area contributed by atoms with Crippen molar-refractivity contribution in [2.24, 2.45) is 0 Å². The van der Waals surface area contributed by atoms with Crippen molar-refractivity contribution in [2.75, 3.05) is 0 Å². The van der Waals surface area contributed by atoms with Crippen LogP contribution in [-0.4, -0.2) is 11.1 Å². The molecule has 0 saturated carbocycles. The van der Waals surface area contributed by atoms with Gasteiger partial charge in [-0.2, -0.15) is 5.26 Å². The number of rotatable bonds is 4. The maximum Gasteiger partial charge on any atom is 0.339 e. The molecule has 2 aromatic carbocycles. The number of nitriles is 1. The summed E-state index contributed by atoms with van der Waals surface area (Å²) in [4.78, 5) is 11.2. The number of aryl methyl sites for hydroxylation is 2. The molecule has 0 unspecified atom stereocenters. The smallest absolute Gasteiger partial charge is 0.339 e. The Bertz CT molecular complexity index is 729. The SMILES string of the molecule is Cc1ccc(C(=O)O)c(OCc2ccc(C#N)cc2C)c1. The van der Waals surface area contributed by atoms with E-state index >= 15 is 0 Å². The lowest BCUT2D eigenvalue weighted by atomic mass is 10.1. The van der Waals surface area contributed by atoms with Crippen LogP contribution >= 0.6 is 0 Å². The van der Waals surface area contributed by atoms with E-state index in [1.807, 2.05) is 19.9 Å². The number of ether oxygens (including phenoxy) is 1. The van der Waals surface area contributed by atoms with E-state index in [9.17, 15) is 4.79 Å². The Morgan fingerprint density at radius 2 is 2.00 bits per heavy atom. The molecular weight excluding hydrogens is 266 g/mol. The van der Waals surface area contributed by atoms with Crippen molar-refractivity contribution in [2.45, 2.75) is 20.5 Å². The number of hydrogen-bond acceptors (Lipinski definition) is 3. The zero-order valence-corrected chi connectivity index (χ0v) is 11.9. The van der Waals surface area contributed by atoms with Crippen molar-refractivity contribution in [3.05, 3.63) is 64.2 Å². The Balaban J connectivity index is 2.22. The summed E-state index contributed by atoms with van der Waals surface area (Å²) in [5, 5.41) is 18.0. The molecule has 0 radical (unpaired) electrons. The number of hydrogen-bond donors (Lipinski definition) is 1. The van der Waals surface area contributed by atoms with Gasteiger partial charge in [0.05, 0.1) is 11.6 Å². The van der Waals surface area contributed by atoms with Crippen LogP contribution in [0.2, 0.25) is 0 Å². The quantitative estimate of drug-likeness (QED) is 0.931. The van der Waals surface area contributed by atoms with Gasteiger partial charge >= 0.3 is 5.97 Å². The number of carboxylic acid groups (broad SMARTS) is 1. The third-order valence-corrected chi connectivity index (χ3v) is 3.22. The van der Waals surface area contributed by atoms with E-state index in [4.69, 9.17) is 15.1 Å². The summed E-state index contributed by atoms with van der Waals surface area (Å²) in [6.45, 7) is 4.04. The Kier molecular flexibility index (Phi) is 4.24. The average Bonchev–Trinajstić information content (AvgIpc) is 2.45. The minimum absolute atomic E-state index is 0.145. The molecule has 0 fully saturated rings. The molecule has 0 atom stereocenters. The molecule has 0 heterocycles. The normalized spacial score (nSPS) is 9.95. The molecule has 106 valence electrons. The van der Waals surface area contributed by atoms with Gasteiger partial charge in [-0.15, -0.1) is 0 Å². The molecule has 4 nitrogen and oxygen atoms in total. The zero-order valence-electron chi connectivity index (χ0n) is 11.9. The molecule has 4 heteroatoms. The Labute approximate surface area is 123 Å². The summed E-state index contributed by atoms with van der Waals surface area (Å²) < 4.78 is 5.66. The summed E-state index contributed by atoms with van der Waals surface area (Å²) in [6, 6.07) is 12.4. The fourth-order valence-corrected chi connectivity index (χ4v) is 2.01. The van der Waals surface area contributed by atoms with Crippen LogP contribution in [-0.2, 0) is 6.61 Å². The first-order valence-corrected chi connectivity index (χ1v) is 6.47. The second-order valence-corrected chi connectivity index (χ2v) is 4.85. The molecule has 0 aliphatic heterocycles. The van der Waals surface area contributed by atoms with Crippen molar-refractivity contribution >= 4 is 5.97 Å². The first kappa shape index (κ1) is 14.6. The monoisotopic (exact) mass is 281 g/mol. The predicted octanol–water partition coefficient (Wildman–Crippen LogP) is 3.45. The van der Waals surface area contributed by atoms with Gasteiger partial charge in [-0.1, -0.05) is 12.1 Å². The van der Waals surface area contributed by atoms with Gasteiger partial charge in [0, 0.05) is 0 Å². The van der Waals surface area contributed by atoms with Crippen molar-refractivity contribution in [3.63, 3.8) is 0 Å². The van der Waals surface area contributed by atoms with Gasteiger partial charge < -0.3 is 9.84 Å². The van der Waals surface area contributed by atoms with Crippen LogP contribution in [0.5, 0.6) is 5.75 Å². The lowest BCUT2D eigenvalue weighted by Gasteiger charge is -2.12. The second-order valence-electron chi connectivity index (χ2n) is 4.85. The third kappa shape index (κ3) is 3.40. The molecular formula is C17H15NO3. The number of nitrogens with zero attached hydrogens (tertiary/aromatic N) is 1. The minimum atomic E-state index is -1.01. The Morgan fingerprint density at radius 1 is 1.24 bits per heavy atom. The number of aromatic carboxylic acids is 1. The maximum absolute atomic E-state index is 11.2. The van der Waals surface area contributed by atoms with Crippen molar-refractivity contribution in [1.82, 2.24) is 0 Å². The van der Waals surface area contributed by atoms with Crippen molar-refractivity contribution in [3.8, 4) is 11.8 Å². The molecule has 0 spiro atoms. The van der Waals surface area contributed by atoms with E-state index in [2.05, 4.69) is 6.07 Å². The molecule has 1 N–H and O–H groups in total. The summed E-state index contributed by atoms with van der Waals surface area (Å²) in [6.07, 6.45) is 0. The molecule has 0 aliphatic rings. The van der Waals surface area contributed by atoms with Gasteiger partial charge in [0.25, 0.3) is 0 Å². The highest BCUT2D eigenvalue weighted by Crippen LogP contribution is 2.22. The van der Waals surface area contributed by atoms with E-state index in [0.29, 0.717) is 11.3 Å². The fraction of sp³-hybridized carbons (Fsp3) is 0.176. The third-order valence-electron chi connectivity index (χ3n) is 3.22. The summed E-state index contributed by atoms with van der Waals surface area (Å²) in [7, 11) is 0. The van der Waals surface area contributed by atoms with Crippen LogP contribution in [0.15, 0.2) is 36.4 Å². The van der Waals surface area contributed by atoms with Gasteiger partial charge in [0.15, 0.2) is 0 Å². The molecule has 0 aliphatic carbocycles. The fourth-order valence-electron chi connectivity index (χ4n) is 2.01. The highest BCUT2D eigenvalue weighted by Gasteiger charge is 2.12. The van der Waals surface area contributed by atoms with E-state index in [1.54, 1.807) is 30.3 Å². The number of carboxylic acids is 1. The predicted molar refractivity (Wildman–Crippen MR) is 78.4 cm³/mol. The summed E-state index contributed by atoms with van der Waals surface area (Å²) in [5.74, 6) is -0.659. The lowest BCUT2D eigenvalue weighted by molar-refractivity contribution is 0.0692. The highest BCUT2D eigenvalue weighted by molar-refractivity contribution is 5.90. The highest BCUT2D eigenvalue weighted by atomic mass is 16.5. The van der Waals surface area contributed by atoms with E-state index in [-0.39, 0.29) is 12.2 Å². The van der Waals surface area contributed by atoms with E-state index in [0.717, 1.165) is 16.7 Å². The van der Waals surface area contributed by atoms with Gasteiger partial charge in [0.1, 0.15) is 17.9 Å². The van der Waals surface area contributed by atoms with Crippen LogP contribution in [0, 0.1) is 25.2 Å².